The van der Waals surface area contributed by atoms with E-state index >= 15 is 0 Å². The molecule has 8 heteroatoms. The zero-order valence-electron chi connectivity index (χ0n) is 16.6. The van der Waals surface area contributed by atoms with Gasteiger partial charge in [-0.05, 0) is 51.1 Å². The minimum absolute atomic E-state index is 0.258. The van der Waals surface area contributed by atoms with Gasteiger partial charge < -0.3 is 9.88 Å². The van der Waals surface area contributed by atoms with E-state index in [0.29, 0.717) is 16.6 Å². The van der Waals surface area contributed by atoms with Crippen LogP contribution < -0.4 is 16.2 Å². The van der Waals surface area contributed by atoms with E-state index in [9.17, 15) is 14.4 Å². The zero-order valence-corrected chi connectivity index (χ0v) is 16.6. The van der Waals surface area contributed by atoms with Crippen LogP contribution in [0.15, 0.2) is 42.5 Å². The lowest BCUT2D eigenvalue weighted by Gasteiger charge is -2.09. The van der Waals surface area contributed by atoms with Crippen LogP contribution in [0.25, 0.3) is 11.0 Å². The highest BCUT2D eigenvalue weighted by atomic mass is 16.2. The number of nitrogens with one attached hydrogen (secondary N) is 3. The summed E-state index contributed by atoms with van der Waals surface area (Å²) in [4.78, 5) is 40.7. The van der Waals surface area contributed by atoms with Crippen LogP contribution >= 0.6 is 0 Å². The number of amides is 3. The highest BCUT2D eigenvalue weighted by Crippen LogP contribution is 2.17. The molecular formula is C21H23N5O3. The van der Waals surface area contributed by atoms with Crippen molar-refractivity contribution in [2.45, 2.75) is 27.3 Å². The predicted octanol–water partition coefficient (Wildman–Crippen LogP) is 1.86. The van der Waals surface area contributed by atoms with Gasteiger partial charge in [0, 0.05) is 17.7 Å². The first-order valence-electron chi connectivity index (χ1n) is 9.30. The summed E-state index contributed by atoms with van der Waals surface area (Å²) in [5.41, 5.74) is 8.10. The van der Waals surface area contributed by atoms with Crippen LogP contribution in [0, 0.1) is 13.8 Å². The van der Waals surface area contributed by atoms with Gasteiger partial charge in [0.05, 0.1) is 17.6 Å². The summed E-state index contributed by atoms with van der Waals surface area (Å²) in [6.07, 6.45) is 0. The lowest BCUT2D eigenvalue weighted by molar-refractivity contribution is -0.120. The van der Waals surface area contributed by atoms with Gasteiger partial charge in [-0.3, -0.25) is 25.2 Å². The van der Waals surface area contributed by atoms with E-state index in [1.54, 1.807) is 30.3 Å². The van der Waals surface area contributed by atoms with E-state index in [1.807, 2.05) is 32.9 Å². The first-order chi connectivity index (χ1) is 13.9. The van der Waals surface area contributed by atoms with E-state index < -0.39 is 11.8 Å². The van der Waals surface area contributed by atoms with Crippen molar-refractivity contribution in [3.8, 4) is 0 Å². The molecule has 0 bridgehead atoms. The van der Waals surface area contributed by atoms with Gasteiger partial charge in [-0.15, -0.1) is 0 Å². The van der Waals surface area contributed by atoms with Gasteiger partial charge >= 0.3 is 0 Å². The molecule has 1 heterocycles. The Balaban J connectivity index is 1.54. The Morgan fingerprint density at radius 1 is 0.966 bits per heavy atom. The molecule has 1 aromatic heterocycles. The standard InChI is InChI=1S/C21H23N5O3/c1-4-26-14(3)23-17-11-16(8-9-18(17)26)21(29)25-24-19(27)12-22-20(28)15-7-5-6-13(2)10-15/h5-11H,4,12H2,1-3H3,(H,22,28)(H,24,27)(H,25,29). The number of imidazole rings is 1. The number of nitrogens with zero attached hydrogens (tertiary/aromatic N) is 2. The molecule has 0 aliphatic carbocycles. The fourth-order valence-corrected chi connectivity index (χ4v) is 3.08. The summed E-state index contributed by atoms with van der Waals surface area (Å²) in [6, 6.07) is 12.2. The summed E-state index contributed by atoms with van der Waals surface area (Å²) in [5.74, 6) is -0.485. The second kappa shape index (κ2) is 8.55. The lowest BCUT2D eigenvalue weighted by atomic mass is 10.1. The van der Waals surface area contributed by atoms with Crippen molar-refractivity contribution in [1.29, 1.82) is 0 Å². The van der Waals surface area contributed by atoms with Crippen molar-refractivity contribution in [2.24, 2.45) is 0 Å². The molecule has 0 aliphatic heterocycles. The topological polar surface area (TPSA) is 105 Å². The summed E-state index contributed by atoms with van der Waals surface area (Å²) >= 11 is 0. The number of hydrogen-bond donors (Lipinski definition) is 3. The first-order valence-corrected chi connectivity index (χ1v) is 9.30. The minimum atomic E-state index is -0.536. The van der Waals surface area contributed by atoms with Crippen LogP contribution in [0.3, 0.4) is 0 Å². The van der Waals surface area contributed by atoms with Crippen LogP contribution in [0.4, 0.5) is 0 Å². The van der Waals surface area contributed by atoms with E-state index in [4.69, 9.17) is 0 Å². The second-order valence-corrected chi connectivity index (χ2v) is 6.66. The highest BCUT2D eigenvalue weighted by Gasteiger charge is 2.12. The molecule has 0 unspecified atom stereocenters. The van der Waals surface area contributed by atoms with Gasteiger partial charge in [0.1, 0.15) is 5.82 Å². The average molecular weight is 393 g/mol. The van der Waals surface area contributed by atoms with Gasteiger partial charge in [0.2, 0.25) is 0 Å². The third-order valence-electron chi connectivity index (χ3n) is 4.52. The molecule has 3 rings (SSSR count). The number of carbonyl (C=O) groups is 3. The number of fused-ring (bicyclic) bond motifs is 1. The molecule has 8 nitrogen and oxygen atoms in total. The quantitative estimate of drug-likeness (QED) is 0.576. The van der Waals surface area contributed by atoms with Crippen molar-refractivity contribution in [3.63, 3.8) is 0 Å². The molecule has 0 radical (unpaired) electrons. The number of benzene rings is 2. The Morgan fingerprint density at radius 3 is 2.45 bits per heavy atom. The number of hydrazine groups is 1. The maximum Gasteiger partial charge on any atom is 0.269 e. The molecule has 0 atom stereocenters. The third-order valence-corrected chi connectivity index (χ3v) is 4.52. The fraction of sp³-hybridized carbons (Fsp3) is 0.238. The van der Waals surface area contributed by atoms with Crippen LogP contribution in [0.2, 0.25) is 0 Å². The normalized spacial score (nSPS) is 10.6. The predicted molar refractivity (Wildman–Crippen MR) is 109 cm³/mol. The molecule has 150 valence electrons. The summed E-state index contributed by atoms with van der Waals surface area (Å²) < 4.78 is 2.05. The van der Waals surface area contributed by atoms with E-state index in [2.05, 4.69) is 25.7 Å². The molecule has 3 N–H and O–H groups in total. The molecule has 3 aromatic rings. The number of rotatable bonds is 5. The maximum absolute atomic E-state index is 12.3. The SMILES string of the molecule is CCn1c(C)nc2cc(C(=O)NNC(=O)CNC(=O)c3cccc(C)c3)ccc21. The van der Waals surface area contributed by atoms with Crippen LogP contribution in [-0.4, -0.2) is 33.8 Å². The molecule has 0 saturated heterocycles. The molecular weight excluding hydrogens is 370 g/mol. The van der Waals surface area contributed by atoms with Gasteiger partial charge in [0.15, 0.2) is 0 Å². The number of hydrogen-bond acceptors (Lipinski definition) is 4. The van der Waals surface area contributed by atoms with Crippen molar-refractivity contribution in [3.05, 3.63) is 65.0 Å². The Hall–Kier alpha value is -3.68. The van der Waals surface area contributed by atoms with Crippen molar-refractivity contribution >= 4 is 28.8 Å². The third kappa shape index (κ3) is 4.60. The van der Waals surface area contributed by atoms with Gasteiger partial charge in [-0.25, -0.2) is 4.98 Å². The lowest BCUT2D eigenvalue weighted by Crippen LogP contribution is -2.46. The van der Waals surface area contributed by atoms with Crippen molar-refractivity contribution < 1.29 is 14.4 Å². The highest BCUT2D eigenvalue weighted by molar-refractivity contribution is 5.99. The van der Waals surface area contributed by atoms with Gasteiger partial charge in [-0.2, -0.15) is 0 Å². The van der Waals surface area contributed by atoms with E-state index in [-0.39, 0.29) is 12.5 Å². The summed E-state index contributed by atoms with van der Waals surface area (Å²) in [6.45, 7) is 6.35. The zero-order chi connectivity index (χ0) is 21.0. The molecule has 29 heavy (non-hydrogen) atoms. The minimum Gasteiger partial charge on any atom is -0.343 e. The first kappa shape index (κ1) is 20.1. The second-order valence-electron chi connectivity index (χ2n) is 6.66. The molecule has 0 fully saturated rings. The monoisotopic (exact) mass is 393 g/mol. The Kier molecular flexibility index (Phi) is 5.92. The van der Waals surface area contributed by atoms with Crippen LogP contribution in [0.1, 0.15) is 39.0 Å². The number of carbonyl (C=O) groups excluding carboxylic acids is 3. The van der Waals surface area contributed by atoms with Crippen LogP contribution in [0.5, 0.6) is 0 Å². The molecule has 0 spiro atoms. The van der Waals surface area contributed by atoms with E-state index in [1.165, 1.54) is 0 Å². The maximum atomic E-state index is 12.3. The van der Waals surface area contributed by atoms with Crippen LogP contribution in [-0.2, 0) is 11.3 Å². The van der Waals surface area contributed by atoms with E-state index in [0.717, 1.165) is 23.4 Å². The number of aromatic nitrogens is 2. The Labute approximate surface area is 168 Å². The fourth-order valence-electron chi connectivity index (χ4n) is 3.08. The molecule has 0 saturated carbocycles. The molecule has 2 aromatic carbocycles. The largest absolute Gasteiger partial charge is 0.343 e. The summed E-state index contributed by atoms with van der Waals surface area (Å²) in [5, 5.41) is 2.51. The van der Waals surface area contributed by atoms with Gasteiger partial charge in [-0.1, -0.05) is 17.7 Å². The molecule has 3 amide bonds. The van der Waals surface area contributed by atoms with Crippen molar-refractivity contribution in [1.82, 2.24) is 25.7 Å². The van der Waals surface area contributed by atoms with Gasteiger partial charge in [0.25, 0.3) is 17.7 Å². The Bertz CT molecular complexity index is 1090. The van der Waals surface area contributed by atoms with Crippen molar-refractivity contribution in [2.75, 3.05) is 6.54 Å². The average Bonchev–Trinajstić information content (AvgIpc) is 3.04. The molecule has 0 aliphatic rings. The summed E-state index contributed by atoms with van der Waals surface area (Å²) in [7, 11) is 0. The number of aryl methyl sites for hydroxylation is 3. The smallest absolute Gasteiger partial charge is 0.269 e. The Morgan fingerprint density at radius 2 is 1.72 bits per heavy atom.